The van der Waals surface area contributed by atoms with Gasteiger partial charge in [-0.1, -0.05) is 102 Å². The lowest BCUT2D eigenvalue weighted by molar-refractivity contribution is -0.218. The SMILES string of the molecule is C=CCCCCCCCCCCCCCCCCCCC/C([O-])=N/S(=O)(=O)C(F)(F)F. The molecular formula is C23H41F3NO3S-. The molecule has 0 fully saturated rings. The molecule has 0 spiro atoms. The molecule has 0 atom stereocenters. The summed E-state index contributed by atoms with van der Waals surface area (Å²) in [6.07, 6.45) is 22.6. The van der Waals surface area contributed by atoms with Gasteiger partial charge in [-0.05, 0) is 31.6 Å². The second kappa shape index (κ2) is 18.5. The Morgan fingerprint density at radius 3 is 1.35 bits per heavy atom. The second-order valence-corrected chi connectivity index (χ2v) is 9.84. The standard InChI is InChI=1S/C23H42F3NO3S/c1-2-3-4-5-6-7-8-9-10-11-12-13-14-15-16-17-18-19-20-21-22(28)27-31(29,30)23(24,25)26/h2H,1,3-21H2,(H,27,28)/p-1. The summed E-state index contributed by atoms with van der Waals surface area (Å²) in [5.41, 5.74) is -5.51. The first-order chi connectivity index (χ1) is 14.7. The van der Waals surface area contributed by atoms with Gasteiger partial charge in [-0.3, -0.25) is 0 Å². The number of hydrogen-bond donors (Lipinski definition) is 0. The Hall–Kier alpha value is -1.05. The zero-order chi connectivity index (χ0) is 23.4. The number of rotatable bonds is 21. The summed E-state index contributed by atoms with van der Waals surface area (Å²) in [6.45, 7) is 3.74. The van der Waals surface area contributed by atoms with E-state index < -0.39 is 21.4 Å². The summed E-state index contributed by atoms with van der Waals surface area (Å²) in [7, 11) is -5.70. The van der Waals surface area contributed by atoms with Gasteiger partial charge in [0.1, 0.15) is 0 Å². The number of halogens is 3. The Balaban J connectivity index is 3.38. The molecule has 0 heterocycles. The van der Waals surface area contributed by atoms with Gasteiger partial charge in [0.15, 0.2) is 0 Å². The number of unbranched alkanes of at least 4 members (excludes halogenated alkanes) is 17. The van der Waals surface area contributed by atoms with E-state index in [9.17, 15) is 26.7 Å². The summed E-state index contributed by atoms with van der Waals surface area (Å²) in [5, 5.41) is 11.2. The summed E-state index contributed by atoms with van der Waals surface area (Å²) in [5.74, 6) is -1.22. The number of alkyl halides is 3. The highest BCUT2D eigenvalue weighted by atomic mass is 32.2. The highest BCUT2D eigenvalue weighted by molar-refractivity contribution is 7.91. The van der Waals surface area contributed by atoms with Crippen molar-refractivity contribution in [2.24, 2.45) is 4.40 Å². The van der Waals surface area contributed by atoms with E-state index in [4.69, 9.17) is 0 Å². The van der Waals surface area contributed by atoms with Crippen LogP contribution in [0.25, 0.3) is 0 Å². The van der Waals surface area contributed by atoms with Crippen LogP contribution in [0.5, 0.6) is 0 Å². The van der Waals surface area contributed by atoms with Crippen molar-refractivity contribution in [3.05, 3.63) is 12.7 Å². The molecule has 0 unspecified atom stereocenters. The van der Waals surface area contributed by atoms with Crippen molar-refractivity contribution >= 4 is 15.9 Å². The second-order valence-electron chi connectivity index (χ2n) is 8.24. The van der Waals surface area contributed by atoms with Crippen LogP contribution in [0.4, 0.5) is 13.2 Å². The van der Waals surface area contributed by atoms with Crippen LogP contribution in [0.1, 0.15) is 122 Å². The van der Waals surface area contributed by atoms with E-state index in [1.54, 1.807) is 0 Å². The van der Waals surface area contributed by atoms with Crippen LogP contribution in [0.2, 0.25) is 0 Å². The molecule has 0 amide bonds. The van der Waals surface area contributed by atoms with Crippen LogP contribution >= 0.6 is 0 Å². The van der Waals surface area contributed by atoms with E-state index in [2.05, 4.69) is 11.0 Å². The first-order valence-electron chi connectivity index (χ1n) is 11.9. The zero-order valence-corrected chi connectivity index (χ0v) is 19.8. The third-order valence-electron chi connectivity index (χ3n) is 5.31. The molecule has 0 aromatic rings. The van der Waals surface area contributed by atoms with Crippen molar-refractivity contribution in [1.82, 2.24) is 0 Å². The highest BCUT2D eigenvalue weighted by Gasteiger charge is 2.45. The van der Waals surface area contributed by atoms with E-state index in [0.29, 0.717) is 12.8 Å². The average molecular weight is 469 g/mol. The lowest BCUT2D eigenvalue weighted by atomic mass is 10.0. The molecule has 0 saturated carbocycles. The molecule has 184 valence electrons. The van der Waals surface area contributed by atoms with Crippen molar-refractivity contribution < 1.29 is 26.7 Å². The predicted molar refractivity (Wildman–Crippen MR) is 120 cm³/mol. The van der Waals surface area contributed by atoms with E-state index >= 15 is 0 Å². The Labute approximate surface area is 187 Å². The highest BCUT2D eigenvalue weighted by Crippen LogP contribution is 2.24. The van der Waals surface area contributed by atoms with Gasteiger partial charge in [0.25, 0.3) is 0 Å². The maximum atomic E-state index is 12.1. The van der Waals surface area contributed by atoms with Crippen LogP contribution in [0.3, 0.4) is 0 Å². The lowest BCUT2D eigenvalue weighted by Crippen LogP contribution is -2.26. The van der Waals surface area contributed by atoms with Gasteiger partial charge in [-0.2, -0.15) is 26.0 Å². The molecule has 4 nitrogen and oxygen atoms in total. The van der Waals surface area contributed by atoms with Crippen LogP contribution in [-0.2, 0) is 10.0 Å². The summed E-state index contributed by atoms with van der Waals surface area (Å²) in [6, 6.07) is 0. The maximum absolute atomic E-state index is 12.1. The predicted octanol–water partition coefficient (Wildman–Crippen LogP) is 7.19. The van der Waals surface area contributed by atoms with Crippen LogP contribution in [0, 0.1) is 0 Å². The van der Waals surface area contributed by atoms with Gasteiger partial charge in [0.2, 0.25) is 0 Å². The van der Waals surface area contributed by atoms with Crippen molar-refractivity contribution in [1.29, 1.82) is 0 Å². The third kappa shape index (κ3) is 18.2. The minimum Gasteiger partial charge on any atom is -0.861 e. The van der Waals surface area contributed by atoms with Gasteiger partial charge >= 0.3 is 15.5 Å². The first kappa shape index (κ1) is 29.9. The van der Waals surface area contributed by atoms with Gasteiger partial charge < -0.3 is 5.11 Å². The Kier molecular flexibility index (Phi) is 17.9. The molecule has 0 radical (unpaired) electrons. The van der Waals surface area contributed by atoms with Gasteiger partial charge in [-0.25, -0.2) is 0 Å². The number of allylic oxidation sites excluding steroid dienone is 1. The third-order valence-corrected chi connectivity index (χ3v) is 6.34. The van der Waals surface area contributed by atoms with Gasteiger partial charge in [-0.15, -0.1) is 6.58 Å². The lowest BCUT2D eigenvalue weighted by Gasteiger charge is -2.11. The molecule has 0 aromatic carbocycles. The number of hydrogen-bond acceptors (Lipinski definition) is 3. The van der Waals surface area contributed by atoms with Crippen LogP contribution < -0.4 is 5.11 Å². The summed E-state index contributed by atoms with van der Waals surface area (Å²) in [4.78, 5) is 0. The molecule has 0 rings (SSSR count). The van der Waals surface area contributed by atoms with Gasteiger partial charge in [0, 0.05) is 0 Å². The number of nitrogens with zero attached hydrogens (tertiary/aromatic N) is 1. The van der Waals surface area contributed by atoms with Gasteiger partial charge in [0.05, 0.1) is 0 Å². The molecule has 0 aliphatic carbocycles. The fraction of sp³-hybridized carbons (Fsp3) is 0.870. The zero-order valence-electron chi connectivity index (χ0n) is 18.9. The Morgan fingerprint density at radius 2 is 1.03 bits per heavy atom. The fourth-order valence-corrected chi connectivity index (χ4v) is 3.91. The van der Waals surface area contributed by atoms with E-state index in [1.165, 1.54) is 77.0 Å². The van der Waals surface area contributed by atoms with E-state index in [-0.39, 0.29) is 6.42 Å². The maximum Gasteiger partial charge on any atom is 0.518 e. The average Bonchev–Trinajstić information content (AvgIpc) is 2.68. The molecule has 31 heavy (non-hydrogen) atoms. The number of sulfonamides is 1. The molecule has 0 bridgehead atoms. The first-order valence-corrected chi connectivity index (χ1v) is 13.3. The van der Waals surface area contributed by atoms with Crippen molar-refractivity contribution in [2.45, 2.75) is 128 Å². The van der Waals surface area contributed by atoms with Crippen LogP contribution in [-0.4, -0.2) is 19.8 Å². The van der Waals surface area contributed by atoms with E-state index in [0.717, 1.165) is 25.7 Å². The van der Waals surface area contributed by atoms with E-state index in [1.807, 2.05) is 6.08 Å². The molecule has 8 heteroatoms. The minimum absolute atomic E-state index is 0.259. The van der Waals surface area contributed by atoms with Crippen molar-refractivity contribution in [2.75, 3.05) is 0 Å². The Bertz CT molecular complexity index is 575. The summed E-state index contributed by atoms with van der Waals surface area (Å²) < 4.78 is 60.2. The molecule has 0 N–H and O–H groups in total. The van der Waals surface area contributed by atoms with Crippen molar-refractivity contribution in [3.63, 3.8) is 0 Å². The fourth-order valence-electron chi connectivity index (χ4n) is 3.45. The normalized spacial score (nSPS) is 12.9. The minimum atomic E-state index is -5.70. The molecule has 0 aliphatic heterocycles. The summed E-state index contributed by atoms with van der Waals surface area (Å²) >= 11 is 0. The quantitative estimate of drug-likeness (QED) is 0.0774. The van der Waals surface area contributed by atoms with Crippen molar-refractivity contribution in [3.8, 4) is 0 Å². The molecular weight excluding hydrogens is 427 g/mol. The largest absolute Gasteiger partial charge is 0.861 e. The smallest absolute Gasteiger partial charge is 0.518 e. The Morgan fingerprint density at radius 1 is 0.710 bits per heavy atom. The van der Waals surface area contributed by atoms with Crippen LogP contribution in [0.15, 0.2) is 17.1 Å². The molecule has 0 aliphatic rings. The topological polar surface area (TPSA) is 69.6 Å². The molecule has 0 aromatic heterocycles. The monoisotopic (exact) mass is 468 g/mol. The molecule has 0 saturated heterocycles.